The Hall–Kier alpha value is -2.54. The molecule has 0 spiro atoms. The average Bonchev–Trinajstić information content (AvgIpc) is 2.95. The number of rotatable bonds is 4. The highest BCUT2D eigenvalue weighted by atomic mass is 16.5. The number of fused-ring (bicyclic) bond motifs is 2. The number of pyridine rings is 1. The van der Waals surface area contributed by atoms with Crippen molar-refractivity contribution in [2.45, 2.75) is 25.2 Å². The number of hydrogen-bond acceptors (Lipinski definition) is 6. The van der Waals surface area contributed by atoms with Crippen LogP contribution in [0.3, 0.4) is 0 Å². The lowest BCUT2D eigenvalue weighted by Crippen LogP contribution is -2.46. The molecule has 2 saturated heterocycles. The number of carbonyl (C=O) groups excluding carboxylic acids is 1. The van der Waals surface area contributed by atoms with Crippen molar-refractivity contribution in [3.63, 3.8) is 0 Å². The first-order chi connectivity index (χ1) is 11.8. The SMILES string of the molecule is O=C(NCc1cccnc1)[C@H]1C[C@H]2CN(c3ncccn3)C[C@H]1O2. The van der Waals surface area contributed by atoms with E-state index in [1.165, 1.54) is 0 Å². The third-order valence-corrected chi connectivity index (χ3v) is 4.52. The maximum absolute atomic E-state index is 12.5. The molecule has 1 amide bonds. The van der Waals surface area contributed by atoms with Crippen LogP contribution < -0.4 is 10.2 Å². The maximum Gasteiger partial charge on any atom is 0.226 e. The van der Waals surface area contributed by atoms with Gasteiger partial charge in [0.2, 0.25) is 11.9 Å². The third kappa shape index (κ3) is 3.07. The molecular formula is C17H19N5O2. The van der Waals surface area contributed by atoms with Gasteiger partial charge in [-0.3, -0.25) is 9.78 Å². The molecule has 1 N–H and O–H groups in total. The smallest absolute Gasteiger partial charge is 0.226 e. The molecule has 7 nitrogen and oxygen atoms in total. The van der Waals surface area contributed by atoms with E-state index in [4.69, 9.17) is 4.74 Å². The lowest BCUT2D eigenvalue weighted by molar-refractivity contribution is -0.126. The van der Waals surface area contributed by atoms with Gasteiger partial charge in [0.05, 0.1) is 18.1 Å². The van der Waals surface area contributed by atoms with E-state index in [0.29, 0.717) is 19.0 Å². The first-order valence-electron chi connectivity index (χ1n) is 8.13. The Balaban J connectivity index is 1.38. The van der Waals surface area contributed by atoms with Crippen LogP contribution in [0, 0.1) is 5.92 Å². The molecule has 0 aromatic carbocycles. The van der Waals surface area contributed by atoms with Crippen molar-refractivity contribution in [3.05, 3.63) is 48.5 Å². The Morgan fingerprint density at radius 1 is 1.25 bits per heavy atom. The van der Waals surface area contributed by atoms with Crippen molar-refractivity contribution in [1.82, 2.24) is 20.3 Å². The summed E-state index contributed by atoms with van der Waals surface area (Å²) in [6.07, 6.45) is 7.64. The molecule has 0 saturated carbocycles. The minimum atomic E-state index is -0.125. The fraction of sp³-hybridized carbons (Fsp3) is 0.412. The predicted octanol–water partition coefficient (Wildman–Crippen LogP) is 0.782. The Morgan fingerprint density at radius 3 is 2.92 bits per heavy atom. The number of aromatic nitrogens is 3. The molecule has 2 fully saturated rings. The zero-order valence-corrected chi connectivity index (χ0v) is 13.2. The number of hydrogen-bond donors (Lipinski definition) is 1. The van der Waals surface area contributed by atoms with Gasteiger partial charge in [-0.25, -0.2) is 9.97 Å². The second-order valence-electron chi connectivity index (χ2n) is 6.17. The van der Waals surface area contributed by atoms with E-state index < -0.39 is 0 Å². The molecule has 2 aliphatic heterocycles. The van der Waals surface area contributed by atoms with Crippen molar-refractivity contribution in [2.24, 2.45) is 5.92 Å². The van der Waals surface area contributed by atoms with Gasteiger partial charge in [-0.2, -0.15) is 0 Å². The van der Waals surface area contributed by atoms with E-state index in [2.05, 4.69) is 25.2 Å². The number of nitrogens with zero attached hydrogens (tertiary/aromatic N) is 4. The van der Waals surface area contributed by atoms with E-state index in [9.17, 15) is 4.79 Å². The lowest BCUT2D eigenvalue weighted by atomic mass is 9.99. The number of nitrogens with one attached hydrogen (secondary N) is 1. The lowest BCUT2D eigenvalue weighted by Gasteiger charge is -2.32. The van der Waals surface area contributed by atoms with Crippen LogP contribution >= 0.6 is 0 Å². The molecule has 7 heteroatoms. The predicted molar refractivity (Wildman–Crippen MR) is 87.1 cm³/mol. The van der Waals surface area contributed by atoms with Crippen LogP contribution in [0.4, 0.5) is 5.95 Å². The molecule has 4 heterocycles. The van der Waals surface area contributed by atoms with Crippen LogP contribution in [-0.2, 0) is 16.1 Å². The Labute approximate surface area is 140 Å². The highest BCUT2D eigenvalue weighted by Gasteiger charge is 2.45. The molecule has 0 unspecified atom stereocenters. The van der Waals surface area contributed by atoms with Gasteiger partial charge in [0.1, 0.15) is 0 Å². The highest BCUT2D eigenvalue weighted by Crippen LogP contribution is 2.33. The van der Waals surface area contributed by atoms with Gasteiger partial charge in [0, 0.05) is 44.4 Å². The average molecular weight is 325 g/mol. The van der Waals surface area contributed by atoms with Gasteiger partial charge in [0.15, 0.2) is 0 Å². The first kappa shape index (κ1) is 15.0. The molecule has 0 aliphatic carbocycles. The summed E-state index contributed by atoms with van der Waals surface area (Å²) < 4.78 is 5.96. The summed E-state index contributed by atoms with van der Waals surface area (Å²) in [6.45, 7) is 1.87. The second kappa shape index (κ2) is 6.52. The topological polar surface area (TPSA) is 80.2 Å². The van der Waals surface area contributed by atoms with Gasteiger partial charge >= 0.3 is 0 Å². The fourth-order valence-electron chi connectivity index (χ4n) is 3.37. The zero-order valence-electron chi connectivity index (χ0n) is 13.2. The molecule has 0 radical (unpaired) electrons. The largest absolute Gasteiger partial charge is 0.370 e. The zero-order chi connectivity index (χ0) is 16.4. The van der Waals surface area contributed by atoms with E-state index in [1.807, 2.05) is 12.1 Å². The van der Waals surface area contributed by atoms with Crippen LogP contribution in [0.5, 0.6) is 0 Å². The summed E-state index contributed by atoms with van der Waals surface area (Å²) in [6, 6.07) is 5.61. The quantitative estimate of drug-likeness (QED) is 0.895. The summed E-state index contributed by atoms with van der Waals surface area (Å²) >= 11 is 0. The number of morpholine rings is 1. The summed E-state index contributed by atoms with van der Waals surface area (Å²) in [5, 5.41) is 3.00. The first-order valence-corrected chi connectivity index (χ1v) is 8.13. The van der Waals surface area contributed by atoms with Crippen molar-refractivity contribution in [3.8, 4) is 0 Å². The summed E-state index contributed by atoms with van der Waals surface area (Å²) in [7, 11) is 0. The third-order valence-electron chi connectivity index (χ3n) is 4.52. The molecule has 24 heavy (non-hydrogen) atoms. The fourth-order valence-corrected chi connectivity index (χ4v) is 3.37. The van der Waals surface area contributed by atoms with Crippen LogP contribution in [0.15, 0.2) is 43.0 Å². The number of anilines is 1. The van der Waals surface area contributed by atoms with Crippen molar-refractivity contribution in [2.75, 3.05) is 18.0 Å². The number of carbonyl (C=O) groups is 1. The molecular weight excluding hydrogens is 306 g/mol. The second-order valence-corrected chi connectivity index (χ2v) is 6.17. The molecule has 3 atom stereocenters. The van der Waals surface area contributed by atoms with E-state index in [-0.39, 0.29) is 24.0 Å². The number of amides is 1. The van der Waals surface area contributed by atoms with Gasteiger partial charge in [-0.15, -0.1) is 0 Å². The normalized spacial score (nSPS) is 25.5. The van der Waals surface area contributed by atoms with Gasteiger partial charge in [0.25, 0.3) is 0 Å². The Morgan fingerprint density at radius 2 is 2.12 bits per heavy atom. The number of ether oxygens (including phenoxy) is 1. The van der Waals surface area contributed by atoms with Crippen molar-refractivity contribution >= 4 is 11.9 Å². The van der Waals surface area contributed by atoms with Crippen LogP contribution in [0.2, 0.25) is 0 Å². The molecule has 2 aliphatic rings. The highest BCUT2D eigenvalue weighted by molar-refractivity contribution is 5.79. The van der Waals surface area contributed by atoms with Gasteiger partial charge in [-0.1, -0.05) is 6.07 Å². The summed E-state index contributed by atoms with van der Waals surface area (Å²) in [5.41, 5.74) is 0.993. The molecule has 2 bridgehead atoms. The Kier molecular flexibility index (Phi) is 4.08. The van der Waals surface area contributed by atoms with Gasteiger partial charge in [-0.05, 0) is 24.1 Å². The van der Waals surface area contributed by atoms with Crippen molar-refractivity contribution in [1.29, 1.82) is 0 Å². The molecule has 2 aromatic heterocycles. The molecule has 2 aromatic rings. The van der Waals surface area contributed by atoms with Crippen molar-refractivity contribution < 1.29 is 9.53 Å². The Bertz CT molecular complexity index is 697. The standard InChI is InChI=1S/C17H19N5O2/c23-16(21-9-12-3-1-4-18-8-12)14-7-13-10-22(11-15(14)24-13)17-19-5-2-6-20-17/h1-6,8,13-15H,7,9-11H2,(H,21,23)/t13-,14-,15+/m0/s1. The van der Waals surface area contributed by atoms with E-state index >= 15 is 0 Å². The molecule has 124 valence electrons. The maximum atomic E-state index is 12.5. The summed E-state index contributed by atoms with van der Waals surface area (Å²) in [4.78, 5) is 27.3. The van der Waals surface area contributed by atoms with Crippen LogP contribution in [-0.4, -0.2) is 46.2 Å². The minimum Gasteiger partial charge on any atom is -0.370 e. The summed E-state index contributed by atoms with van der Waals surface area (Å²) in [5.74, 6) is 0.620. The minimum absolute atomic E-state index is 0.0437. The van der Waals surface area contributed by atoms with E-state index in [0.717, 1.165) is 18.5 Å². The van der Waals surface area contributed by atoms with Crippen LogP contribution in [0.1, 0.15) is 12.0 Å². The van der Waals surface area contributed by atoms with Gasteiger partial charge < -0.3 is 15.0 Å². The molecule has 4 rings (SSSR count). The van der Waals surface area contributed by atoms with Crippen LogP contribution in [0.25, 0.3) is 0 Å². The van der Waals surface area contributed by atoms with E-state index in [1.54, 1.807) is 30.9 Å². The monoisotopic (exact) mass is 325 g/mol.